The first-order valence-electron chi connectivity index (χ1n) is 10.0. The molecule has 1 N–H and O–H groups in total. The minimum Gasteiger partial charge on any atom is -0.493 e. The van der Waals surface area contributed by atoms with E-state index in [1.54, 1.807) is 20.5 Å². The molecule has 0 saturated carbocycles. The van der Waals surface area contributed by atoms with Crippen LogP contribution in [0.1, 0.15) is 5.56 Å². The summed E-state index contributed by atoms with van der Waals surface area (Å²) in [6.07, 6.45) is 3.67. The Hall–Kier alpha value is -3.77. The summed E-state index contributed by atoms with van der Waals surface area (Å²) in [6, 6.07) is 22.7. The molecule has 5 aromatic rings. The topological polar surface area (TPSA) is 61.2 Å². The van der Waals surface area contributed by atoms with Crippen molar-refractivity contribution < 1.29 is 9.47 Å². The van der Waals surface area contributed by atoms with Crippen molar-refractivity contribution in [3.8, 4) is 11.5 Å². The van der Waals surface area contributed by atoms with Gasteiger partial charge in [-0.15, -0.1) is 12.4 Å². The second-order valence-electron chi connectivity index (χ2n) is 7.27. The molecule has 0 saturated heterocycles. The Balaban J connectivity index is 0.00000245. The predicted octanol–water partition coefficient (Wildman–Crippen LogP) is 5.82. The van der Waals surface area contributed by atoms with Gasteiger partial charge in [-0.2, -0.15) is 0 Å². The van der Waals surface area contributed by atoms with Crippen molar-refractivity contribution >= 4 is 45.7 Å². The quantitative estimate of drug-likeness (QED) is 0.356. The summed E-state index contributed by atoms with van der Waals surface area (Å²) in [6.45, 7) is 0.843. The Morgan fingerprint density at radius 2 is 1.66 bits per heavy atom. The highest BCUT2D eigenvalue weighted by Crippen LogP contribution is 2.34. The van der Waals surface area contributed by atoms with E-state index >= 15 is 0 Å². The Kier molecular flexibility index (Phi) is 6.14. The normalized spacial score (nSPS) is 10.7. The molecule has 3 aromatic carbocycles. The smallest absolute Gasteiger partial charge is 0.162 e. The number of nitrogens with zero attached hydrogens (tertiary/aromatic N) is 3. The van der Waals surface area contributed by atoms with E-state index in [4.69, 9.17) is 9.47 Å². The van der Waals surface area contributed by atoms with Crippen molar-refractivity contribution in [3.05, 3.63) is 84.8 Å². The number of hydrogen-bond donors (Lipinski definition) is 1. The molecule has 6 nitrogen and oxygen atoms in total. The molecule has 0 bridgehead atoms. The number of aromatic nitrogens is 3. The van der Waals surface area contributed by atoms with Crippen LogP contribution in [0, 0.1) is 0 Å². The van der Waals surface area contributed by atoms with Crippen LogP contribution in [-0.2, 0) is 6.54 Å². The fraction of sp³-hybridized carbons (Fsp3) is 0.120. The van der Waals surface area contributed by atoms with E-state index in [0.29, 0.717) is 17.3 Å². The number of benzene rings is 3. The number of methoxy groups -OCH3 is 2. The average Bonchev–Trinajstić information content (AvgIpc) is 3.21. The van der Waals surface area contributed by atoms with Crippen LogP contribution in [0.25, 0.3) is 21.8 Å². The fourth-order valence-electron chi connectivity index (χ4n) is 3.82. The highest BCUT2D eigenvalue weighted by atomic mass is 35.5. The van der Waals surface area contributed by atoms with Gasteiger partial charge in [-0.1, -0.05) is 30.3 Å². The number of ether oxygens (including phenoxy) is 2. The van der Waals surface area contributed by atoms with Gasteiger partial charge in [-0.25, -0.2) is 9.97 Å². The molecule has 0 aliphatic heterocycles. The van der Waals surface area contributed by atoms with Gasteiger partial charge in [0.25, 0.3) is 0 Å². The van der Waals surface area contributed by atoms with E-state index in [-0.39, 0.29) is 12.4 Å². The molecular weight excluding hydrogens is 424 g/mol. The zero-order valence-corrected chi connectivity index (χ0v) is 18.6. The van der Waals surface area contributed by atoms with Crippen molar-refractivity contribution in [2.75, 3.05) is 19.5 Å². The van der Waals surface area contributed by atoms with Crippen LogP contribution < -0.4 is 14.8 Å². The molecule has 2 aromatic heterocycles. The summed E-state index contributed by atoms with van der Waals surface area (Å²) in [5.41, 5.74) is 4.21. The van der Waals surface area contributed by atoms with Crippen LogP contribution in [0.3, 0.4) is 0 Å². The highest BCUT2D eigenvalue weighted by molar-refractivity contribution is 5.94. The third-order valence-electron chi connectivity index (χ3n) is 5.37. The standard InChI is InChI=1S/C25H22N4O2.ClH/c1-30-23-13-20-21(14-24(23)31-2)26-16-27-25(20)28-19-8-9-22-18(12-19)10-11-29(22)15-17-6-4-3-5-7-17;/h3-14,16H,15H2,1-2H3,(H,26,27,28);1H. The highest BCUT2D eigenvalue weighted by Gasteiger charge is 2.11. The number of fused-ring (bicyclic) bond motifs is 2. The molecule has 2 heterocycles. The van der Waals surface area contributed by atoms with Crippen LogP contribution in [0.15, 0.2) is 79.3 Å². The van der Waals surface area contributed by atoms with Crippen LogP contribution >= 0.6 is 12.4 Å². The van der Waals surface area contributed by atoms with Gasteiger partial charge in [0, 0.05) is 40.8 Å². The van der Waals surface area contributed by atoms with Gasteiger partial charge in [0.05, 0.1) is 19.7 Å². The van der Waals surface area contributed by atoms with E-state index in [9.17, 15) is 0 Å². The maximum absolute atomic E-state index is 5.45. The van der Waals surface area contributed by atoms with Gasteiger partial charge in [0.1, 0.15) is 12.1 Å². The molecular formula is C25H23ClN4O2. The summed E-state index contributed by atoms with van der Waals surface area (Å²) in [5, 5.41) is 5.46. The molecule has 0 fully saturated rings. The minimum atomic E-state index is 0. The Bertz CT molecular complexity index is 1370. The molecule has 7 heteroatoms. The van der Waals surface area contributed by atoms with Crippen LogP contribution in [0.4, 0.5) is 11.5 Å². The molecule has 0 aliphatic rings. The number of halogens is 1. The van der Waals surface area contributed by atoms with Gasteiger partial charge in [-0.05, 0) is 35.9 Å². The second-order valence-corrected chi connectivity index (χ2v) is 7.27. The lowest BCUT2D eigenvalue weighted by molar-refractivity contribution is 0.356. The number of hydrogen-bond acceptors (Lipinski definition) is 5. The summed E-state index contributed by atoms with van der Waals surface area (Å²) in [5.74, 6) is 2.00. The summed E-state index contributed by atoms with van der Waals surface area (Å²) in [4.78, 5) is 8.82. The molecule has 0 amide bonds. The van der Waals surface area contributed by atoms with Crippen molar-refractivity contribution in [1.29, 1.82) is 0 Å². The van der Waals surface area contributed by atoms with E-state index in [1.165, 1.54) is 16.5 Å². The number of anilines is 2. The molecule has 32 heavy (non-hydrogen) atoms. The Morgan fingerprint density at radius 1 is 0.875 bits per heavy atom. The van der Waals surface area contributed by atoms with Gasteiger partial charge >= 0.3 is 0 Å². The van der Waals surface area contributed by atoms with Gasteiger partial charge < -0.3 is 19.4 Å². The van der Waals surface area contributed by atoms with Crippen LogP contribution in [0.5, 0.6) is 11.5 Å². The lowest BCUT2D eigenvalue weighted by atomic mass is 10.2. The molecule has 0 aliphatic carbocycles. The Labute approximate surface area is 192 Å². The number of nitrogens with one attached hydrogen (secondary N) is 1. The number of rotatable bonds is 6. The van der Waals surface area contributed by atoms with E-state index < -0.39 is 0 Å². The zero-order chi connectivity index (χ0) is 21.2. The lowest BCUT2D eigenvalue weighted by Crippen LogP contribution is -1.99. The summed E-state index contributed by atoms with van der Waals surface area (Å²) in [7, 11) is 3.23. The summed E-state index contributed by atoms with van der Waals surface area (Å²) >= 11 is 0. The first-order valence-corrected chi connectivity index (χ1v) is 10.0. The molecule has 162 valence electrons. The summed E-state index contributed by atoms with van der Waals surface area (Å²) < 4.78 is 13.1. The van der Waals surface area contributed by atoms with Crippen molar-refractivity contribution in [1.82, 2.24) is 14.5 Å². The first kappa shape index (κ1) is 21.5. The zero-order valence-electron chi connectivity index (χ0n) is 17.8. The minimum absolute atomic E-state index is 0. The van der Waals surface area contributed by atoms with E-state index in [1.807, 2.05) is 18.2 Å². The van der Waals surface area contributed by atoms with Gasteiger partial charge in [0.15, 0.2) is 11.5 Å². The maximum Gasteiger partial charge on any atom is 0.162 e. The van der Waals surface area contributed by atoms with Crippen molar-refractivity contribution in [2.24, 2.45) is 0 Å². The third-order valence-corrected chi connectivity index (χ3v) is 5.37. The SMILES string of the molecule is COc1cc2ncnc(Nc3ccc4c(ccn4Cc4ccccc4)c3)c2cc1OC.Cl. The largest absolute Gasteiger partial charge is 0.493 e. The fourth-order valence-corrected chi connectivity index (χ4v) is 3.82. The van der Waals surface area contributed by atoms with E-state index in [0.717, 1.165) is 23.1 Å². The third kappa shape index (κ3) is 4.05. The lowest BCUT2D eigenvalue weighted by Gasteiger charge is -2.12. The molecule has 0 unspecified atom stereocenters. The molecule has 5 rings (SSSR count). The molecule has 0 atom stereocenters. The molecule has 0 radical (unpaired) electrons. The van der Waals surface area contributed by atoms with Crippen molar-refractivity contribution in [3.63, 3.8) is 0 Å². The van der Waals surface area contributed by atoms with E-state index in [2.05, 4.69) is 74.6 Å². The van der Waals surface area contributed by atoms with Crippen LogP contribution in [-0.4, -0.2) is 28.8 Å². The Morgan fingerprint density at radius 3 is 2.44 bits per heavy atom. The second kappa shape index (κ2) is 9.16. The first-order chi connectivity index (χ1) is 15.2. The van der Waals surface area contributed by atoms with Gasteiger partial charge in [0.2, 0.25) is 0 Å². The molecule has 0 spiro atoms. The maximum atomic E-state index is 5.45. The monoisotopic (exact) mass is 446 g/mol. The predicted molar refractivity (Wildman–Crippen MR) is 131 cm³/mol. The van der Waals surface area contributed by atoms with Gasteiger partial charge in [-0.3, -0.25) is 0 Å². The van der Waals surface area contributed by atoms with Crippen LogP contribution in [0.2, 0.25) is 0 Å². The average molecular weight is 447 g/mol. The van der Waals surface area contributed by atoms with Crippen molar-refractivity contribution in [2.45, 2.75) is 6.54 Å².